The normalized spacial score (nSPS) is 20.8. The van der Waals surface area contributed by atoms with Gasteiger partial charge in [-0.25, -0.2) is 9.97 Å². The first-order valence-corrected chi connectivity index (χ1v) is 9.02. The van der Waals surface area contributed by atoms with Crippen LogP contribution in [0.3, 0.4) is 0 Å². The standard InChI is InChI=1S/C19H23N5O2/c1-14-10-22-18(23-11-14)21-8-4-16-5-9-26-19(16)12-24(13-19)17(25)15-2-6-20-7-3-15/h2-3,6-7,10-11,16H,4-5,8-9,12-13H2,1H3,(H,21,22,23). The minimum absolute atomic E-state index is 0.0541. The smallest absolute Gasteiger partial charge is 0.254 e. The molecule has 2 saturated heterocycles. The van der Waals surface area contributed by atoms with E-state index in [1.54, 1.807) is 24.5 Å². The monoisotopic (exact) mass is 353 g/mol. The van der Waals surface area contributed by atoms with Crippen LogP contribution in [0.25, 0.3) is 0 Å². The molecule has 1 atom stereocenters. The van der Waals surface area contributed by atoms with E-state index in [4.69, 9.17) is 4.74 Å². The number of nitrogens with zero attached hydrogens (tertiary/aromatic N) is 4. The fourth-order valence-electron chi connectivity index (χ4n) is 3.80. The van der Waals surface area contributed by atoms with Crippen LogP contribution in [0, 0.1) is 12.8 Å². The van der Waals surface area contributed by atoms with E-state index in [1.807, 2.05) is 24.2 Å². The van der Waals surface area contributed by atoms with Crippen LogP contribution in [0.4, 0.5) is 5.95 Å². The van der Waals surface area contributed by atoms with Crippen molar-refractivity contribution in [3.63, 3.8) is 0 Å². The van der Waals surface area contributed by atoms with Crippen molar-refractivity contribution in [1.29, 1.82) is 0 Å². The number of anilines is 1. The maximum absolute atomic E-state index is 12.5. The SMILES string of the molecule is Cc1cnc(NCCC2CCOC23CN(C(=O)c2ccncc2)C3)nc1. The number of amides is 1. The summed E-state index contributed by atoms with van der Waals surface area (Å²) < 4.78 is 6.06. The lowest BCUT2D eigenvalue weighted by atomic mass is 9.78. The lowest BCUT2D eigenvalue weighted by Gasteiger charge is -2.50. The van der Waals surface area contributed by atoms with Gasteiger partial charge in [-0.05, 0) is 43.4 Å². The summed E-state index contributed by atoms with van der Waals surface area (Å²) in [4.78, 5) is 26.9. The largest absolute Gasteiger partial charge is 0.371 e. The molecule has 7 nitrogen and oxygen atoms in total. The molecular weight excluding hydrogens is 330 g/mol. The minimum atomic E-state index is -0.182. The zero-order valence-electron chi connectivity index (χ0n) is 14.9. The van der Waals surface area contributed by atoms with Crippen molar-refractivity contribution in [3.8, 4) is 0 Å². The highest BCUT2D eigenvalue weighted by Gasteiger charge is 2.54. The topological polar surface area (TPSA) is 80.2 Å². The number of carbonyl (C=O) groups excluding carboxylic acids is 1. The lowest BCUT2D eigenvalue weighted by molar-refractivity contribution is -0.117. The van der Waals surface area contributed by atoms with Crippen molar-refractivity contribution in [1.82, 2.24) is 19.9 Å². The third kappa shape index (κ3) is 3.26. The first kappa shape index (κ1) is 16.9. The quantitative estimate of drug-likeness (QED) is 0.884. The lowest BCUT2D eigenvalue weighted by Crippen LogP contribution is -2.66. The molecule has 2 aromatic heterocycles. The van der Waals surface area contributed by atoms with Gasteiger partial charge in [0.25, 0.3) is 5.91 Å². The average molecular weight is 353 g/mol. The van der Waals surface area contributed by atoms with Crippen LogP contribution in [-0.4, -0.2) is 57.6 Å². The second-order valence-corrected chi connectivity index (χ2v) is 7.10. The summed E-state index contributed by atoms with van der Waals surface area (Å²) in [6.07, 6.45) is 8.93. The first-order valence-electron chi connectivity index (χ1n) is 9.02. The van der Waals surface area contributed by atoms with Crippen molar-refractivity contribution in [3.05, 3.63) is 48.0 Å². The molecule has 0 aliphatic carbocycles. The number of ether oxygens (including phenoxy) is 1. The number of nitrogens with one attached hydrogen (secondary N) is 1. The summed E-state index contributed by atoms with van der Waals surface area (Å²) in [7, 11) is 0. The maximum Gasteiger partial charge on any atom is 0.254 e. The van der Waals surface area contributed by atoms with E-state index in [1.165, 1.54) is 0 Å². The average Bonchev–Trinajstić information content (AvgIpc) is 3.06. The summed E-state index contributed by atoms with van der Waals surface area (Å²) in [5.41, 5.74) is 1.55. The van der Waals surface area contributed by atoms with Crippen molar-refractivity contribution in [2.24, 2.45) is 5.92 Å². The highest BCUT2D eigenvalue weighted by atomic mass is 16.5. The predicted octanol–water partition coefficient (Wildman–Crippen LogP) is 1.91. The summed E-state index contributed by atoms with van der Waals surface area (Å²) in [5, 5.41) is 3.28. The molecule has 2 fully saturated rings. The molecule has 26 heavy (non-hydrogen) atoms. The van der Waals surface area contributed by atoms with Crippen LogP contribution in [-0.2, 0) is 4.74 Å². The van der Waals surface area contributed by atoms with E-state index in [9.17, 15) is 4.79 Å². The van der Waals surface area contributed by atoms with Gasteiger partial charge in [0.05, 0.1) is 13.1 Å². The van der Waals surface area contributed by atoms with E-state index in [2.05, 4.69) is 20.3 Å². The van der Waals surface area contributed by atoms with Gasteiger partial charge < -0.3 is 15.0 Å². The zero-order valence-corrected chi connectivity index (χ0v) is 14.9. The molecule has 1 spiro atoms. The number of pyridine rings is 1. The fourth-order valence-corrected chi connectivity index (χ4v) is 3.80. The number of rotatable bonds is 5. The molecule has 0 radical (unpaired) electrons. The minimum Gasteiger partial charge on any atom is -0.371 e. The van der Waals surface area contributed by atoms with Gasteiger partial charge in [0.1, 0.15) is 5.60 Å². The van der Waals surface area contributed by atoms with Crippen molar-refractivity contribution < 1.29 is 9.53 Å². The number of hydrogen-bond donors (Lipinski definition) is 1. The Morgan fingerprint density at radius 3 is 2.77 bits per heavy atom. The van der Waals surface area contributed by atoms with Gasteiger partial charge in [0.15, 0.2) is 0 Å². The summed E-state index contributed by atoms with van der Waals surface area (Å²) in [6.45, 7) is 4.87. The van der Waals surface area contributed by atoms with Crippen molar-refractivity contribution in [2.75, 3.05) is 31.6 Å². The van der Waals surface area contributed by atoms with Gasteiger partial charge in [-0.3, -0.25) is 9.78 Å². The van der Waals surface area contributed by atoms with Crippen LogP contribution in [0.5, 0.6) is 0 Å². The van der Waals surface area contributed by atoms with Crippen LogP contribution in [0.2, 0.25) is 0 Å². The fraction of sp³-hybridized carbons (Fsp3) is 0.474. The molecular formula is C19H23N5O2. The molecule has 1 N–H and O–H groups in total. The maximum atomic E-state index is 12.5. The molecule has 136 valence electrons. The van der Waals surface area contributed by atoms with Crippen molar-refractivity contribution in [2.45, 2.75) is 25.4 Å². The molecule has 0 aromatic carbocycles. The summed E-state index contributed by atoms with van der Waals surface area (Å²) in [5.74, 6) is 1.16. The molecule has 7 heteroatoms. The third-order valence-corrected chi connectivity index (χ3v) is 5.29. The van der Waals surface area contributed by atoms with E-state index >= 15 is 0 Å². The summed E-state index contributed by atoms with van der Waals surface area (Å²) >= 11 is 0. The molecule has 4 heterocycles. The summed E-state index contributed by atoms with van der Waals surface area (Å²) in [6, 6.07) is 3.51. The number of aromatic nitrogens is 3. The van der Waals surface area contributed by atoms with Gasteiger partial charge in [-0.2, -0.15) is 0 Å². The Balaban J connectivity index is 1.30. The Hall–Kier alpha value is -2.54. The van der Waals surface area contributed by atoms with Gasteiger partial charge in [-0.1, -0.05) is 0 Å². The van der Waals surface area contributed by atoms with Crippen LogP contribution < -0.4 is 5.32 Å². The molecule has 4 rings (SSSR count). The molecule has 2 aliphatic rings. The Morgan fingerprint density at radius 2 is 2.04 bits per heavy atom. The number of carbonyl (C=O) groups is 1. The van der Waals surface area contributed by atoms with Crippen LogP contribution in [0.1, 0.15) is 28.8 Å². The van der Waals surface area contributed by atoms with Crippen LogP contribution >= 0.6 is 0 Å². The molecule has 2 aliphatic heterocycles. The Bertz CT molecular complexity index is 759. The Morgan fingerprint density at radius 1 is 1.31 bits per heavy atom. The molecule has 1 unspecified atom stereocenters. The number of likely N-dealkylation sites (tertiary alicyclic amines) is 1. The Kier molecular flexibility index (Phi) is 4.55. The predicted molar refractivity (Wildman–Crippen MR) is 96.8 cm³/mol. The van der Waals surface area contributed by atoms with E-state index in [0.717, 1.165) is 31.6 Å². The van der Waals surface area contributed by atoms with Gasteiger partial charge in [0.2, 0.25) is 5.95 Å². The van der Waals surface area contributed by atoms with Crippen molar-refractivity contribution >= 4 is 11.9 Å². The zero-order chi connectivity index (χ0) is 18.0. The van der Waals surface area contributed by atoms with E-state index in [0.29, 0.717) is 30.5 Å². The van der Waals surface area contributed by atoms with E-state index in [-0.39, 0.29) is 11.5 Å². The second kappa shape index (κ2) is 6.99. The molecule has 0 bridgehead atoms. The Labute approximate surface area is 152 Å². The van der Waals surface area contributed by atoms with E-state index < -0.39 is 0 Å². The molecule has 2 aromatic rings. The van der Waals surface area contributed by atoms with Gasteiger partial charge in [-0.15, -0.1) is 0 Å². The van der Waals surface area contributed by atoms with Gasteiger partial charge >= 0.3 is 0 Å². The number of aryl methyl sites for hydroxylation is 1. The third-order valence-electron chi connectivity index (χ3n) is 5.29. The highest BCUT2D eigenvalue weighted by Crippen LogP contribution is 2.42. The highest BCUT2D eigenvalue weighted by molar-refractivity contribution is 5.94. The second-order valence-electron chi connectivity index (χ2n) is 7.10. The van der Waals surface area contributed by atoms with Gasteiger partial charge in [0, 0.05) is 43.5 Å². The van der Waals surface area contributed by atoms with Crippen LogP contribution in [0.15, 0.2) is 36.9 Å². The molecule has 0 saturated carbocycles. The number of hydrogen-bond acceptors (Lipinski definition) is 6. The molecule has 1 amide bonds. The first-order chi connectivity index (χ1) is 12.7.